The summed E-state index contributed by atoms with van der Waals surface area (Å²) in [5.41, 5.74) is 0. The lowest BCUT2D eigenvalue weighted by Gasteiger charge is -2.31. The van der Waals surface area contributed by atoms with Gasteiger partial charge in [0, 0.05) is 30.1 Å². The molecular formula is C15H31N3S. The monoisotopic (exact) mass is 285 g/mol. The molecule has 1 N–H and O–H groups in total. The zero-order valence-electron chi connectivity index (χ0n) is 12.7. The number of hydrogen-bond acceptors (Lipinski definition) is 4. The first-order chi connectivity index (χ1) is 9.29. The van der Waals surface area contributed by atoms with E-state index in [2.05, 4.69) is 40.8 Å². The average Bonchev–Trinajstić information content (AvgIpc) is 2.61. The standard InChI is InChI=1S/C15H31N3S/c1-3-14-13-17(2)9-4-10-18(14)11-12-19-15-5-7-16-8-6-15/h14-16H,3-13H2,1-2H3. The van der Waals surface area contributed by atoms with Gasteiger partial charge in [-0.3, -0.25) is 4.90 Å². The maximum Gasteiger partial charge on any atom is 0.0220 e. The topological polar surface area (TPSA) is 18.5 Å². The number of nitrogens with zero attached hydrogens (tertiary/aromatic N) is 2. The Balaban J connectivity index is 1.70. The van der Waals surface area contributed by atoms with Gasteiger partial charge < -0.3 is 10.2 Å². The third kappa shape index (κ3) is 5.25. The zero-order valence-corrected chi connectivity index (χ0v) is 13.6. The van der Waals surface area contributed by atoms with E-state index >= 15 is 0 Å². The van der Waals surface area contributed by atoms with Crippen LogP contribution in [0.15, 0.2) is 0 Å². The second kappa shape index (κ2) is 8.50. The molecule has 19 heavy (non-hydrogen) atoms. The van der Waals surface area contributed by atoms with Crippen LogP contribution in [0.4, 0.5) is 0 Å². The number of likely N-dealkylation sites (N-methyl/N-ethyl adjacent to an activating group) is 1. The molecule has 112 valence electrons. The molecule has 2 heterocycles. The van der Waals surface area contributed by atoms with Crippen LogP contribution < -0.4 is 5.32 Å². The molecule has 0 bridgehead atoms. The Kier molecular flexibility index (Phi) is 6.99. The van der Waals surface area contributed by atoms with Crippen LogP contribution in [-0.4, -0.2) is 73.2 Å². The average molecular weight is 286 g/mol. The summed E-state index contributed by atoms with van der Waals surface area (Å²) < 4.78 is 0. The number of hydrogen-bond donors (Lipinski definition) is 1. The molecule has 2 aliphatic rings. The first-order valence-corrected chi connectivity index (χ1v) is 9.09. The highest BCUT2D eigenvalue weighted by atomic mass is 32.2. The Morgan fingerprint density at radius 3 is 2.74 bits per heavy atom. The highest BCUT2D eigenvalue weighted by molar-refractivity contribution is 7.99. The molecule has 1 atom stereocenters. The number of piperidine rings is 1. The predicted octanol–water partition coefficient (Wildman–Crippen LogP) is 1.89. The maximum atomic E-state index is 3.45. The Bertz CT molecular complexity index is 244. The number of rotatable bonds is 5. The fraction of sp³-hybridized carbons (Fsp3) is 1.00. The van der Waals surface area contributed by atoms with E-state index in [4.69, 9.17) is 0 Å². The molecule has 1 unspecified atom stereocenters. The lowest BCUT2D eigenvalue weighted by Crippen LogP contribution is -2.41. The van der Waals surface area contributed by atoms with Gasteiger partial charge in [0.1, 0.15) is 0 Å². The fourth-order valence-electron chi connectivity index (χ4n) is 3.27. The third-order valence-electron chi connectivity index (χ3n) is 4.51. The van der Waals surface area contributed by atoms with Crippen molar-refractivity contribution in [2.75, 3.05) is 52.1 Å². The largest absolute Gasteiger partial charge is 0.317 e. The molecular weight excluding hydrogens is 254 g/mol. The van der Waals surface area contributed by atoms with Crippen molar-refractivity contribution in [1.82, 2.24) is 15.1 Å². The molecule has 0 saturated carbocycles. The van der Waals surface area contributed by atoms with E-state index in [1.54, 1.807) is 0 Å². The molecule has 0 amide bonds. The summed E-state index contributed by atoms with van der Waals surface area (Å²) in [6.07, 6.45) is 5.36. The molecule has 0 aromatic heterocycles. The van der Waals surface area contributed by atoms with Crippen LogP contribution in [-0.2, 0) is 0 Å². The van der Waals surface area contributed by atoms with Crippen LogP contribution in [0.1, 0.15) is 32.6 Å². The predicted molar refractivity (Wildman–Crippen MR) is 86.1 cm³/mol. The summed E-state index contributed by atoms with van der Waals surface area (Å²) in [5.74, 6) is 1.32. The van der Waals surface area contributed by atoms with Crippen molar-refractivity contribution in [2.24, 2.45) is 0 Å². The Hall–Kier alpha value is 0.230. The minimum absolute atomic E-state index is 0.779. The van der Waals surface area contributed by atoms with Gasteiger partial charge in [-0.1, -0.05) is 6.92 Å². The molecule has 4 heteroatoms. The van der Waals surface area contributed by atoms with Crippen LogP contribution in [0, 0.1) is 0 Å². The second-order valence-electron chi connectivity index (χ2n) is 6.03. The minimum Gasteiger partial charge on any atom is -0.317 e. The first kappa shape index (κ1) is 15.6. The van der Waals surface area contributed by atoms with Crippen LogP contribution in [0.2, 0.25) is 0 Å². The lowest BCUT2D eigenvalue weighted by atomic mass is 10.2. The Morgan fingerprint density at radius 2 is 2.00 bits per heavy atom. The summed E-state index contributed by atoms with van der Waals surface area (Å²) in [6, 6.07) is 0.779. The summed E-state index contributed by atoms with van der Waals surface area (Å²) in [5, 5.41) is 4.37. The molecule has 0 aliphatic carbocycles. The number of thioether (sulfide) groups is 1. The van der Waals surface area contributed by atoms with Crippen molar-refractivity contribution >= 4 is 11.8 Å². The van der Waals surface area contributed by atoms with Gasteiger partial charge in [0.05, 0.1) is 0 Å². The van der Waals surface area contributed by atoms with E-state index in [0.29, 0.717) is 0 Å². The van der Waals surface area contributed by atoms with Gasteiger partial charge in [-0.2, -0.15) is 11.8 Å². The van der Waals surface area contributed by atoms with Crippen molar-refractivity contribution < 1.29 is 0 Å². The summed E-state index contributed by atoms with van der Waals surface area (Å²) >= 11 is 2.22. The van der Waals surface area contributed by atoms with Gasteiger partial charge in [-0.25, -0.2) is 0 Å². The van der Waals surface area contributed by atoms with Crippen LogP contribution >= 0.6 is 11.8 Å². The van der Waals surface area contributed by atoms with E-state index in [1.807, 2.05) is 0 Å². The molecule has 0 spiro atoms. The molecule has 0 aromatic rings. The van der Waals surface area contributed by atoms with E-state index < -0.39 is 0 Å². The highest BCUT2D eigenvalue weighted by Crippen LogP contribution is 2.21. The van der Waals surface area contributed by atoms with Crippen molar-refractivity contribution in [3.8, 4) is 0 Å². The van der Waals surface area contributed by atoms with E-state index in [9.17, 15) is 0 Å². The Labute approximate surface area is 123 Å². The summed E-state index contributed by atoms with van der Waals surface area (Å²) in [6.45, 7) is 9.92. The van der Waals surface area contributed by atoms with Crippen molar-refractivity contribution in [3.05, 3.63) is 0 Å². The van der Waals surface area contributed by atoms with E-state index in [0.717, 1.165) is 11.3 Å². The molecule has 0 radical (unpaired) electrons. The lowest BCUT2D eigenvalue weighted by molar-refractivity contribution is 0.193. The molecule has 0 aromatic carbocycles. The molecule has 2 saturated heterocycles. The van der Waals surface area contributed by atoms with E-state index in [-0.39, 0.29) is 0 Å². The van der Waals surface area contributed by atoms with Gasteiger partial charge in [-0.05, 0) is 58.9 Å². The van der Waals surface area contributed by atoms with E-state index in [1.165, 1.54) is 70.7 Å². The van der Waals surface area contributed by atoms with Gasteiger partial charge >= 0.3 is 0 Å². The maximum absolute atomic E-state index is 3.45. The highest BCUT2D eigenvalue weighted by Gasteiger charge is 2.22. The minimum atomic E-state index is 0.779. The van der Waals surface area contributed by atoms with Crippen LogP contribution in [0.5, 0.6) is 0 Å². The van der Waals surface area contributed by atoms with Gasteiger partial charge in [-0.15, -0.1) is 0 Å². The van der Waals surface area contributed by atoms with Gasteiger partial charge in [0.2, 0.25) is 0 Å². The quantitative estimate of drug-likeness (QED) is 0.831. The summed E-state index contributed by atoms with van der Waals surface area (Å²) in [4.78, 5) is 5.26. The smallest absolute Gasteiger partial charge is 0.0220 e. The van der Waals surface area contributed by atoms with Crippen LogP contribution in [0.25, 0.3) is 0 Å². The Morgan fingerprint density at radius 1 is 1.21 bits per heavy atom. The molecule has 3 nitrogen and oxygen atoms in total. The van der Waals surface area contributed by atoms with Crippen LogP contribution in [0.3, 0.4) is 0 Å². The second-order valence-corrected chi connectivity index (χ2v) is 7.44. The zero-order chi connectivity index (χ0) is 13.5. The van der Waals surface area contributed by atoms with Gasteiger partial charge in [0.25, 0.3) is 0 Å². The molecule has 2 fully saturated rings. The van der Waals surface area contributed by atoms with Crippen molar-refractivity contribution in [3.63, 3.8) is 0 Å². The first-order valence-electron chi connectivity index (χ1n) is 8.04. The normalized spacial score (nSPS) is 28.4. The van der Waals surface area contributed by atoms with Crippen molar-refractivity contribution in [2.45, 2.75) is 43.9 Å². The van der Waals surface area contributed by atoms with Gasteiger partial charge in [0.15, 0.2) is 0 Å². The number of nitrogens with one attached hydrogen (secondary N) is 1. The third-order valence-corrected chi connectivity index (χ3v) is 5.87. The fourth-order valence-corrected chi connectivity index (χ4v) is 4.52. The summed E-state index contributed by atoms with van der Waals surface area (Å²) in [7, 11) is 2.27. The molecule has 2 aliphatic heterocycles. The van der Waals surface area contributed by atoms with Crippen molar-refractivity contribution in [1.29, 1.82) is 0 Å². The SMILES string of the molecule is CCC1CN(C)CCCN1CCSC1CCNCC1. The molecule has 2 rings (SSSR count).